The van der Waals surface area contributed by atoms with Crippen LogP contribution in [0.1, 0.15) is 35.7 Å². The number of rotatable bonds is 8. The van der Waals surface area contributed by atoms with Crippen LogP contribution in [0.4, 0.5) is 17.1 Å². The van der Waals surface area contributed by atoms with Crippen molar-refractivity contribution in [1.29, 1.82) is 0 Å². The van der Waals surface area contributed by atoms with E-state index in [0.29, 0.717) is 29.0 Å². The van der Waals surface area contributed by atoms with Gasteiger partial charge in [-0.15, -0.1) is 0 Å². The van der Waals surface area contributed by atoms with Crippen molar-refractivity contribution in [3.8, 4) is 0 Å². The lowest BCUT2D eigenvalue weighted by Gasteiger charge is -2.10. The largest absolute Gasteiger partial charge is 0.326 e. The quantitative estimate of drug-likeness (QED) is 0.458. The third kappa shape index (κ3) is 6.18. The average Bonchev–Trinajstić information content (AvgIpc) is 2.76. The minimum Gasteiger partial charge on any atom is -0.326 e. The number of carbonyl (C=O) groups is 2. The number of sulfonamides is 1. The summed E-state index contributed by atoms with van der Waals surface area (Å²) < 4.78 is 27.7. The lowest BCUT2D eigenvalue weighted by Crippen LogP contribution is -2.14. The topological polar surface area (TPSA) is 104 Å². The van der Waals surface area contributed by atoms with E-state index < -0.39 is 10.0 Å². The van der Waals surface area contributed by atoms with Crippen LogP contribution in [0, 0.1) is 6.92 Å². The van der Waals surface area contributed by atoms with E-state index in [-0.39, 0.29) is 16.7 Å². The van der Waals surface area contributed by atoms with Crippen LogP contribution in [0.3, 0.4) is 0 Å². The third-order valence-corrected chi connectivity index (χ3v) is 6.03. The molecule has 0 saturated carbocycles. The van der Waals surface area contributed by atoms with E-state index in [0.717, 1.165) is 12.0 Å². The van der Waals surface area contributed by atoms with Crippen LogP contribution < -0.4 is 15.4 Å². The normalized spacial score (nSPS) is 10.9. The summed E-state index contributed by atoms with van der Waals surface area (Å²) in [7, 11) is -3.74. The molecule has 8 heteroatoms. The predicted molar refractivity (Wildman–Crippen MR) is 126 cm³/mol. The number of hydrogen-bond acceptors (Lipinski definition) is 4. The molecule has 0 fully saturated rings. The maximum Gasteiger partial charge on any atom is 0.261 e. The van der Waals surface area contributed by atoms with E-state index in [1.165, 1.54) is 24.3 Å². The zero-order valence-corrected chi connectivity index (χ0v) is 18.7. The highest BCUT2D eigenvalue weighted by molar-refractivity contribution is 7.92. The van der Waals surface area contributed by atoms with Gasteiger partial charge in [-0.3, -0.25) is 14.3 Å². The van der Waals surface area contributed by atoms with E-state index in [4.69, 9.17) is 0 Å². The lowest BCUT2D eigenvalue weighted by molar-refractivity contribution is -0.116. The predicted octanol–water partition coefficient (Wildman–Crippen LogP) is 4.79. The summed E-state index contributed by atoms with van der Waals surface area (Å²) in [5, 5.41) is 5.50. The summed E-state index contributed by atoms with van der Waals surface area (Å²) in [5.41, 5.74) is 3.00. The van der Waals surface area contributed by atoms with Gasteiger partial charge in [0.15, 0.2) is 0 Å². The molecule has 0 saturated heterocycles. The van der Waals surface area contributed by atoms with Crippen molar-refractivity contribution in [2.45, 2.75) is 31.6 Å². The summed E-state index contributed by atoms with van der Waals surface area (Å²) in [6.07, 6.45) is 1.20. The second kappa shape index (κ2) is 10.1. The van der Waals surface area contributed by atoms with Crippen LogP contribution in [-0.4, -0.2) is 20.2 Å². The van der Waals surface area contributed by atoms with Gasteiger partial charge in [0.2, 0.25) is 5.91 Å². The van der Waals surface area contributed by atoms with E-state index in [1.807, 2.05) is 26.0 Å². The summed E-state index contributed by atoms with van der Waals surface area (Å²) in [6.45, 7) is 3.85. The minimum absolute atomic E-state index is 0.0726. The Bertz CT molecular complexity index is 1190. The van der Waals surface area contributed by atoms with Gasteiger partial charge in [-0.05, 0) is 74.0 Å². The molecule has 0 bridgehead atoms. The Labute approximate surface area is 187 Å². The molecule has 3 aromatic carbocycles. The average molecular weight is 452 g/mol. The van der Waals surface area contributed by atoms with Crippen molar-refractivity contribution in [3.05, 3.63) is 83.9 Å². The Balaban J connectivity index is 1.63. The highest BCUT2D eigenvalue weighted by Gasteiger charge is 2.14. The Morgan fingerprint density at radius 2 is 1.28 bits per heavy atom. The van der Waals surface area contributed by atoms with Crippen molar-refractivity contribution >= 4 is 38.9 Å². The number of nitrogens with one attached hydrogen (secondary N) is 3. The molecule has 0 radical (unpaired) electrons. The molecule has 0 aromatic heterocycles. The van der Waals surface area contributed by atoms with Crippen LogP contribution in [-0.2, 0) is 14.8 Å². The first-order chi connectivity index (χ1) is 15.3. The molecule has 3 aromatic rings. The molecule has 0 aliphatic carbocycles. The van der Waals surface area contributed by atoms with Crippen molar-refractivity contribution in [3.63, 3.8) is 0 Å². The van der Waals surface area contributed by atoms with Gasteiger partial charge in [0.1, 0.15) is 0 Å². The summed E-state index contributed by atoms with van der Waals surface area (Å²) >= 11 is 0. The molecular weight excluding hydrogens is 426 g/mol. The fourth-order valence-electron chi connectivity index (χ4n) is 2.91. The maximum absolute atomic E-state index is 12.6. The standard InChI is InChI=1S/C24H25N3O4S/c1-3-4-23(28)25-19-11-7-18(8-12-19)24(29)26-20-13-15-22(16-14-20)32(30,31)27-21-9-5-17(2)6-10-21/h5-16,27H,3-4H2,1-2H3,(H,25,28)(H,26,29). The van der Waals surface area contributed by atoms with Crippen molar-refractivity contribution in [2.24, 2.45) is 0 Å². The Hall–Kier alpha value is -3.65. The number of anilines is 3. The van der Waals surface area contributed by atoms with Gasteiger partial charge in [0, 0.05) is 29.0 Å². The number of amides is 2. The molecule has 0 atom stereocenters. The van der Waals surface area contributed by atoms with Gasteiger partial charge in [0.25, 0.3) is 15.9 Å². The Morgan fingerprint density at radius 3 is 1.88 bits per heavy atom. The fourth-order valence-corrected chi connectivity index (χ4v) is 3.97. The van der Waals surface area contributed by atoms with Crippen LogP contribution in [0.5, 0.6) is 0 Å². The molecule has 0 aliphatic rings. The van der Waals surface area contributed by atoms with Gasteiger partial charge in [-0.25, -0.2) is 8.42 Å². The molecule has 32 heavy (non-hydrogen) atoms. The van der Waals surface area contributed by atoms with Crippen molar-refractivity contribution in [2.75, 3.05) is 15.4 Å². The monoisotopic (exact) mass is 451 g/mol. The second-order valence-electron chi connectivity index (χ2n) is 7.33. The van der Waals surface area contributed by atoms with E-state index in [2.05, 4.69) is 15.4 Å². The van der Waals surface area contributed by atoms with Crippen LogP contribution in [0.2, 0.25) is 0 Å². The highest BCUT2D eigenvalue weighted by atomic mass is 32.2. The molecular formula is C24H25N3O4S. The van der Waals surface area contributed by atoms with Gasteiger partial charge in [-0.1, -0.05) is 24.6 Å². The second-order valence-corrected chi connectivity index (χ2v) is 9.01. The number of hydrogen-bond donors (Lipinski definition) is 3. The zero-order valence-electron chi connectivity index (χ0n) is 17.9. The Kier molecular flexibility index (Phi) is 7.27. The van der Waals surface area contributed by atoms with E-state index >= 15 is 0 Å². The molecule has 0 heterocycles. The summed E-state index contributed by atoms with van der Waals surface area (Å²) in [4.78, 5) is 24.2. The summed E-state index contributed by atoms with van der Waals surface area (Å²) in [6, 6.07) is 19.5. The SMILES string of the molecule is CCCC(=O)Nc1ccc(C(=O)Nc2ccc(S(=O)(=O)Nc3ccc(C)cc3)cc2)cc1. The van der Waals surface area contributed by atoms with E-state index in [9.17, 15) is 18.0 Å². The summed E-state index contributed by atoms with van der Waals surface area (Å²) in [5.74, 6) is -0.415. The highest BCUT2D eigenvalue weighted by Crippen LogP contribution is 2.19. The number of carbonyl (C=O) groups excluding carboxylic acids is 2. The van der Waals surface area contributed by atoms with Crippen molar-refractivity contribution in [1.82, 2.24) is 0 Å². The molecule has 7 nitrogen and oxygen atoms in total. The first-order valence-corrected chi connectivity index (χ1v) is 11.7. The zero-order chi connectivity index (χ0) is 23.1. The third-order valence-electron chi connectivity index (χ3n) is 4.63. The van der Waals surface area contributed by atoms with Gasteiger partial charge >= 0.3 is 0 Å². The molecule has 3 rings (SSSR count). The number of benzene rings is 3. The molecule has 0 aliphatic heterocycles. The first-order valence-electron chi connectivity index (χ1n) is 10.2. The van der Waals surface area contributed by atoms with Crippen molar-refractivity contribution < 1.29 is 18.0 Å². The van der Waals surface area contributed by atoms with Gasteiger partial charge in [0.05, 0.1) is 4.90 Å². The lowest BCUT2D eigenvalue weighted by atomic mass is 10.2. The van der Waals surface area contributed by atoms with Crippen LogP contribution in [0.15, 0.2) is 77.7 Å². The molecule has 2 amide bonds. The smallest absolute Gasteiger partial charge is 0.261 e. The molecule has 166 valence electrons. The van der Waals surface area contributed by atoms with Crippen LogP contribution in [0.25, 0.3) is 0 Å². The van der Waals surface area contributed by atoms with Gasteiger partial charge < -0.3 is 10.6 Å². The van der Waals surface area contributed by atoms with Crippen LogP contribution >= 0.6 is 0 Å². The first kappa shape index (κ1) is 23.0. The number of aryl methyl sites for hydroxylation is 1. The maximum atomic E-state index is 12.6. The molecule has 0 spiro atoms. The minimum atomic E-state index is -3.74. The molecule has 3 N–H and O–H groups in total. The Morgan fingerprint density at radius 1 is 0.750 bits per heavy atom. The van der Waals surface area contributed by atoms with Gasteiger partial charge in [-0.2, -0.15) is 0 Å². The van der Waals surface area contributed by atoms with E-state index in [1.54, 1.807) is 36.4 Å². The fraction of sp³-hybridized carbons (Fsp3) is 0.167. The molecule has 0 unspecified atom stereocenters.